The molecule has 4 heterocycles. The van der Waals surface area contributed by atoms with Crippen LogP contribution in [0.1, 0.15) is 35.5 Å². The Labute approximate surface area is 262 Å². The zero-order valence-corrected chi connectivity index (χ0v) is 25.4. The second-order valence-corrected chi connectivity index (χ2v) is 12.5. The fourth-order valence-electron chi connectivity index (χ4n) is 5.38. The molecule has 226 valence electrons. The molecule has 1 unspecified atom stereocenters. The third-order valence-electron chi connectivity index (χ3n) is 7.49. The maximum absolute atomic E-state index is 14.2. The van der Waals surface area contributed by atoms with Crippen molar-refractivity contribution in [2.24, 2.45) is 5.10 Å². The number of hydrazone groups is 1. The average Bonchev–Trinajstić information content (AvgIpc) is 3.75. The van der Waals surface area contributed by atoms with Gasteiger partial charge in [0.15, 0.2) is 6.10 Å². The van der Waals surface area contributed by atoms with Gasteiger partial charge >= 0.3 is 11.9 Å². The molecule has 12 heteroatoms. The Morgan fingerprint density at radius 3 is 2.39 bits per heavy atom. The Kier molecular flexibility index (Phi) is 8.80. The Balaban J connectivity index is 1.30. The molecule has 3 aliphatic rings. The van der Waals surface area contributed by atoms with Crippen LogP contribution in [0.2, 0.25) is 0 Å². The molecule has 0 radical (unpaired) electrons. The van der Waals surface area contributed by atoms with Gasteiger partial charge in [-0.2, -0.15) is 5.10 Å². The number of carbonyl (C=O) groups excluding carboxylic acids is 4. The Bertz CT molecular complexity index is 1570. The van der Waals surface area contributed by atoms with Crippen molar-refractivity contribution < 1.29 is 28.7 Å². The number of carbonyl (C=O) groups is 4. The monoisotopic (exact) mass is 630 g/mol. The van der Waals surface area contributed by atoms with Gasteiger partial charge in [-0.3, -0.25) is 19.9 Å². The van der Waals surface area contributed by atoms with Crippen molar-refractivity contribution >= 4 is 52.6 Å². The number of nitrogens with zero attached hydrogens (tertiary/aromatic N) is 2. The summed E-state index contributed by atoms with van der Waals surface area (Å²) in [6, 6.07) is 21.0. The number of β-lactam (4-membered cyclic amide) rings is 1. The van der Waals surface area contributed by atoms with E-state index in [4.69, 9.17) is 9.47 Å². The predicted octanol–water partition coefficient (Wildman–Crippen LogP) is 3.56. The lowest BCUT2D eigenvalue weighted by molar-refractivity contribution is -0.154. The molecule has 10 nitrogen and oxygen atoms in total. The molecule has 2 N–H and O–H groups in total. The Morgan fingerprint density at radius 2 is 1.75 bits per heavy atom. The van der Waals surface area contributed by atoms with Gasteiger partial charge < -0.3 is 14.8 Å². The van der Waals surface area contributed by atoms with E-state index >= 15 is 0 Å². The van der Waals surface area contributed by atoms with E-state index in [9.17, 15) is 19.2 Å². The van der Waals surface area contributed by atoms with Gasteiger partial charge in [0.25, 0.3) is 5.91 Å². The molecule has 0 aliphatic carbocycles. The minimum atomic E-state index is -0.785. The molecular formula is C32H30N4O6S2. The summed E-state index contributed by atoms with van der Waals surface area (Å²) in [6.45, 7) is 1.95. The van der Waals surface area contributed by atoms with Gasteiger partial charge in [-0.15, -0.1) is 23.1 Å². The van der Waals surface area contributed by atoms with E-state index in [1.54, 1.807) is 6.92 Å². The first-order valence-corrected chi connectivity index (χ1v) is 16.2. The molecule has 3 aromatic rings. The number of hydrogen-bond acceptors (Lipinski definition) is 10. The highest BCUT2D eigenvalue weighted by molar-refractivity contribution is 8.00. The normalized spacial score (nSPS) is 20.8. The van der Waals surface area contributed by atoms with Crippen molar-refractivity contribution in [3.63, 3.8) is 0 Å². The van der Waals surface area contributed by atoms with Gasteiger partial charge in [0.2, 0.25) is 5.91 Å². The zero-order valence-electron chi connectivity index (χ0n) is 23.8. The third kappa shape index (κ3) is 6.00. The van der Waals surface area contributed by atoms with Gasteiger partial charge in [0.1, 0.15) is 23.2 Å². The largest absolute Gasteiger partial charge is 0.464 e. The van der Waals surface area contributed by atoms with Crippen LogP contribution in [0.25, 0.3) is 0 Å². The van der Waals surface area contributed by atoms with Crippen LogP contribution in [-0.4, -0.2) is 64.2 Å². The van der Waals surface area contributed by atoms with E-state index in [0.29, 0.717) is 17.0 Å². The van der Waals surface area contributed by atoms with E-state index in [0.717, 1.165) is 16.0 Å². The van der Waals surface area contributed by atoms with Gasteiger partial charge in [-0.05, 0) is 29.5 Å². The van der Waals surface area contributed by atoms with E-state index in [1.165, 1.54) is 28.0 Å². The number of hydrogen-bond donors (Lipinski definition) is 2. The third-order valence-corrected chi connectivity index (χ3v) is 9.65. The lowest BCUT2D eigenvalue weighted by atomic mass is 9.97. The number of thioether (sulfide) groups is 1. The first kappa shape index (κ1) is 29.6. The van der Waals surface area contributed by atoms with Crippen LogP contribution in [0.5, 0.6) is 0 Å². The van der Waals surface area contributed by atoms with Crippen molar-refractivity contribution in [3.05, 3.63) is 105 Å². The molecule has 0 bridgehead atoms. The second-order valence-electron chi connectivity index (χ2n) is 10.3. The van der Waals surface area contributed by atoms with Crippen LogP contribution < -0.4 is 10.7 Å². The molecule has 0 spiro atoms. The standard InChI is InChI=1S/C32H30N4O6S2/c1-2-41-31(39)24-17-23(34-35-24)22-18-44-30-26(33-25(37)16-21-14-9-15-43-21)29(38)36(30)27(22)32(40)42-28(19-10-5-3-6-11-19)20-12-7-4-8-13-20/h3-15,24,26,28,30,35H,2,16-18H2,1H3,(H,33,37)/t24?,26-,30-/m1/s1. The predicted molar refractivity (Wildman–Crippen MR) is 166 cm³/mol. The minimum Gasteiger partial charge on any atom is -0.464 e. The molecule has 44 heavy (non-hydrogen) atoms. The summed E-state index contributed by atoms with van der Waals surface area (Å²) in [6.07, 6.45) is -0.372. The number of fused-ring (bicyclic) bond motifs is 1. The van der Waals surface area contributed by atoms with E-state index < -0.39 is 41.4 Å². The van der Waals surface area contributed by atoms with E-state index in [1.807, 2.05) is 78.2 Å². The van der Waals surface area contributed by atoms with E-state index in [-0.39, 0.29) is 31.1 Å². The summed E-state index contributed by atoms with van der Waals surface area (Å²) in [5, 5.41) is 8.62. The topological polar surface area (TPSA) is 126 Å². The zero-order chi connectivity index (χ0) is 30.6. The van der Waals surface area contributed by atoms with Gasteiger partial charge in [0, 0.05) is 22.6 Å². The van der Waals surface area contributed by atoms with Crippen LogP contribution >= 0.6 is 23.1 Å². The number of thiophene rings is 1. The summed E-state index contributed by atoms with van der Waals surface area (Å²) in [7, 11) is 0. The lowest BCUT2D eigenvalue weighted by Crippen LogP contribution is -2.70. The first-order chi connectivity index (χ1) is 21.4. The number of esters is 2. The maximum atomic E-state index is 14.2. The number of nitrogens with one attached hydrogen (secondary N) is 2. The smallest absolute Gasteiger partial charge is 0.356 e. The quantitative estimate of drug-likeness (QED) is 0.257. The summed E-state index contributed by atoms with van der Waals surface area (Å²) in [5.41, 5.74) is 5.41. The lowest BCUT2D eigenvalue weighted by Gasteiger charge is -2.49. The number of rotatable bonds is 10. The van der Waals surface area contributed by atoms with E-state index in [2.05, 4.69) is 15.8 Å². The second kappa shape index (κ2) is 13.1. The Hall–Kier alpha value is -4.42. The molecule has 2 amide bonds. The van der Waals surface area contributed by atoms with Crippen molar-refractivity contribution in [2.45, 2.75) is 43.3 Å². The molecule has 1 fully saturated rings. The van der Waals surface area contributed by atoms with Gasteiger partial charge in [-0.25, -0.2) is 9.59 Å². The molecule has 6 rings (SSSR count). The number of amides is 2. The summed E-state index contributed by atoms with van der Waals surface area (Å²) >= 11 is 2.90. The van der Waals surface area contributed by atoms with Crippen LogP contribution in [-0.2, 0) is 35.1 Å². The van der Waals surface area contributed by atoms with Crippen molar-refractivity contribution in [2.75, 3.05) is 12.4 Å². The summed E-state index contributed by atoms with van der Waals surface area (Å²) < 4.78 is 11.3. The average molecular weight is 631 g/mol. The number of benzene rings is 2. The molecule has 1 saturated heterocycles. The molecule has 2 aromatic carbocycles. The molecular weight excluding hydrogens is 601 g/mol. The fraction of sp³-hybridized carbons (Fsp3) is 0.281. The van der Waals surface area contributed by atoms with Crippen molar-refractivity contribution in [3.8, 4) is 0 Å². The molecule has 3 atom stereocenters. The van der Waals surface area contributed by atoms with Crippen LogP contribution in [0.15, 0.2) is 94.5 Å². The fourth-order valence-corrected chi connectivity index (χ4v) is 7.46. The number of ether oxygens (including phenoxy) is 2. The van der Waals surface area contributed by atoms with Gasteiger partial charge in [0.05, 0.1) is 18.7 Å². The van der Waals surface area contributed by atoms with Crippen LogP contribution in [0.3, 0.4) is 0 Å². The molecule has 0 saturated carbocycles. The summed E-state index contributed by atoms with van der Waals surface area (Å²) in [4.78, 5) is 55.3. The highest BCUT2D eigenvalue weighted by Crippen LogP contribution is 2.42. The van der Waals surface area contributed by atoms with Crippen molar-refractivity contribution in [1.82, 2.24) is 15.6 Å². The maximum Gasteiger partial charge on any atom is 0.356 e. The minimum absolute atomic E-state index is 0.0735. The summed E-state index contributed by atoms with van der Waals surface area (Å²) in [5.74, 6) is -1.48. The van der Waals surface area contributed by atoms with Crippen molar-refractivity contribution in [1.29, 1.82) is 0 Å². The highest BCUT2D eigenvalue weighted by Gasteiger charge is 2.55. The SMILES string of the molecule is CCOC(=O)C1CC(C2=C(C(=O)OC(c3ccccc3)c3ccccc3)N3C(=O)[C@@H](NC(=O)Cc4cccs4)[C@H]3SC2)=NN1. The molecule has 1 aromatic heterocycles. The molecule has 3 aliphatic heterocycles. The van der Waals surface area contributed by atoms with Gasteiger partial charge in [-0.1, -0.05) is 66.7 Å². The first-order valence-electron chi connectivity index (χ1n) is 14.2. The van der Waals surface area contributed by atoms with Crippen LogP contribution in [0.4, 0.5) is 0 Å². The Morgan fingerprint density at radius 1 is 1.05 bits per heavy atom. The van der Waals surface area contributed by atoms with Crippen LogP contribution in [0, 0.1) is 0 Å². The highest BCUT2D eigenvalue weighted by atomic mass is 32.2.